The molecule has 20 heavy (non-hydrogen) atoms. The Morgan fingerprint density at radius 1 is 1.45 bits per heavy atom. The standard InChI is InChI=1S/C13H15BrN4O2/c1-7-4-5-9(14)6-10(7)20-13-11(12(15)17-19)8(2)16-18(13)3/h4-6,19H,1-3H3,(H2,15,17). The molecule has 0 atom stereocenters. The van der Waals surface area contributed by atoms with Gasteiger partial charge in [-0.25, -0.2) is 4.68 Å². The van der Waals surface area contributed by atoms with E-state index in [0.717, 1.165) is 10.0 Å². The maximum Gasteiger partial charge on any atom is 0.229 e. The molecule has 0 radical (unpaired) electrons. The van der Waals surface area contributed by atoms with E-state index in [9.17, 15) is 0 Å². The van der Waals surface area contributed by atoms with Crippen LogP contribution in [-0.2, 0) is 7.05 Å². The van der Waals surface area contributed by atoms with Gasteiger partial charge < -0.3 is 15.7 Å². The molecule has 2 aromatic rings. The number of nitrogens with zero attached hydrogens (tertiary/aromatic N) is 3. The summed E-state index contributed by atoms with van der Waals surface area (Å²) in [6, 6.07) is 5.72. The van der Waals surface area contributed by atoms with Crippen LogP contribution in [0, 0.1) is 13.8 Å². The Hall–Kier alpha value is -2.02. The quantitative estimate of drug-likeness (QED) is 0.390. The van der Waals surface area contributed by atoms with Gasteiger partial charge in [-0.05, 0) is 31.5 Å². The zero-order valence-electron chi connectivity index (χ0n) is 11.4. The van der Waals surface area contributed by atoms with E-state index < -0.39 is 0 Å². The molecule has 0 bridgehead atoms. The number of hydrogen-bond donors (Lipinski definition) is 2. The highest BCUT2D eigenvalue weighted by Crippen LogP contribution is 2.31. The predicted octanol–water partition coefficient (Wildman–Crippen LogP) is 2.69. The van der Waals surface area contributed by atoms with Crippen molar-refractivity contribution in [2.45, 2.75) is 13.8 Å². The molecule has 0 saturated heterocycles. The largest absolute Gasteiger partial charge is 0.438 e. The lowest BCUT2D eigenvalue weighted by molar-refractivity contribution is 0.318. The van der Waals surface area contributed by atoms with E-state index in [4.69, 9.17) is 15.7 Å². The fraction of sp³-hybridized carbons (Fsp3) is 0.231. The third-order valence-corrected chi connectivity index (χ3v) is 3.38. The van der Waals surface area contributed by atoms with Gasteiger partial charge in [0, 0.05) is 11.5 Å². The first-order chi connectivity index (χ1) is 9.43. The van der Waals surface area contributed by atoms with Gasteiger partial charge in [0.15, 0.2) is 5.84 Å². The van der Waals surface area contributed by atoms with Gasteiger partial charge in [-0.1, -0.05) is 27.2 Å². The molecule has 0 spiro atoms. The number of halogens is 1. The summed E-state index contributed by atoms with van der Waals surface area (Å²) < 4.78 is 8.36. The second-order valence-electron chi connectivity index (χ2n) is 4.39. The fourth-order valence-corrected chi connectivity index (χ4v) is 2.23. The van der Waals surface area contributed by atoms with E-state index >= 15 is 0 Å². The summed E-state index contributed by atoms with van der Waals surface area (Å²) in [6.45, 7) is 3.71. The Bertz CT molecular complexity index is 679. The van der Waals surface area contributed by atoms with Crippen LogP contribution in [0.2, 0.25) is 0 Å². The van der Waals surface area contributed by atoms with Crippen molar-refractivity contribution in [3.05, 3.63) is 39.5 Å². The number of oxime groups is 1. The highest BCUT2D eigenvalue weighted by molar-refractivity contribution is 9.10. The van der Waals surface area contributed by atoms with Gasteiger partial charge in [0.1, 0.15) is 11.3 Å². The van der Waals surface area contributed by atoms with E-state index in [1.807, 2.05) is 25.1 Å². The SMILES string of the molecule is Cc1ccc(Br)cc1Oc1c(/C(N)=N/O)c(C)nn1C. The molecule has 1 aromatic carbocycles. The van der Waals surface area contributed by atoms with Crippen LogP contribution < -0.4 is 10.5 Å². The Labute approximate surface area is 125 Å². The molecule has 0 saturated carbocycles. The van der Waals surface area contributed by atoms with E-state index in [2.05, 4.69) is 26.2 Å². The van der Waals surface area contributed by atoms with Crippen LogP contribution >= 0.6 is 15.9 Å². The molecule has 0 fully saturated rings. The molecule has 106 valence electrons. The molecule has 0 unspecified atom stereocenters. The van der Waals surface area contributed by atoms with E-state index in [-0.39, 0.29) is 5.84 Å². The second-order valence-corrected chi connectivity index (χ2v) is 5.30. The van der Waals surface area contributed by atoms with Crippen LogP contribution in [0.1, 0.15) is 16.8 Å². The predicted molar refractivity (Wildman–Crippen MR) is 79.4 cm³/mol. The van der Waals surface area contributed by atoms with Crippen LogP contribution in [0.4, 0.5) is 0 Å². The number of nitrogens with two attached hydrogens (primary N) is 1. The normalized spacial score (nSPS) is 11.7. The maximum atomic E-state index is 8.87. The molecule has 1 aromatic heterocycles. The summed E-state index contributed by atoms with van der Waals surface area (Å²) in [5, 5.41) is 16.1. The Morgan fingerprint density at radius 3 is 2.80 bits per heavy atom. The monoisotopic (exact) mass is 338 g/mol. The minimum absolute atomic E-state index is 0.0294. The molecule has 0 aliphatic heterocycles. The van der Waals surface area contributed by atoms with Crippen molar-refractivity contribution < 1.29 is 9.94 Å². The first-order valence-corrected chi connectivity index (χ1v) is 6.68. The van der Waals surface area contributed by atoms with Gasteiger partial charge in [0.25, 0.3) is 0 Å². The van der Waals surface area contributed by atoms with Gasteiger partial charge in [0.2, 0.25) is 5.88 Å². The van der Waals surface area contributed by atoms with Crippen molar-refractivity contribution in [2.75, 3.05) is 0 Å². The van der Waals surface area contributed by atoms with Crippen molar-refractivity contribution in [3.8, 4) is 11.6 Å². The summed E-state index contributed by atoms with van der Waals surface area (Å²) in [5.74, 6) is 1.08. The minimum Gasteiger partial charge on any atom is -0.438 e. The fourth-order valence-electron chi connectivity index (χ4n) is 1.89. The molecule has 3 N–H and O–H groups in total. The van der Waals surface area contributed by atoms with Crippen LogP contribution in [-0.4, -0.2) is 20.8 Å². The summed E-state index contributed by atoms with van der Waals surface area (Å²) >= 11 is 3.40. The maximum absolute atomic E-state index is 8.87. The van der Waals surface area contributed by atoms with Gasteiger partial charge in [0.05, 0.1) is 5.69 Å². The molecular weight excluding hydrogens is 324 g/mol. The van der Waals surface area contributed by atoms with Crippen LogP contribution in [0.25, 0.3) is 0 Å². The van der Waals surface area contributed by atoms with Crippen molar-refractivity contribution in [3.63, 3.8) is 0 Å². The minimum atomic E-state index is -0.0294. The number of rotatable bonds is 3. The van der Waals surface area contributed by atoms with Crippen LogP contribution in [0.15, 0.2) is 27.8 Å². The third kappa shape index (κ3) is 2.62. The first kappa shape index (κ1) is 14.4. The Kier molecular flexibility index (Phi) is 3.99. The van der Waals surface area contributed by atoms with Crippen LogP contribution in [0.3, 0.4) is 0 Å². The zero-order valence-corrected chi connectivity index (χ0v) is 13.0. The average Bonchev–Trinajstić information content (AvgIpc) is 2.68. The number of amidine groups is 1. The van der Waals surface area contributed by atoms with Gasteiger partial charge in [-0.3, -0.25) is 0 Å². The molecule has 1 heterocycles. The molecule has 0 aliphatic carbocycles. The summed E-state index contributed by atoms with van der Waals surface area (Å²) in [5.41, 5.74) is 7.77. The molecule has 2 rings (SSSR count). The average molecular weight is 339 g/mol. The molecule has 6 nitrogen and oxygen atoms in total. The zero-order chi connectivity index (χ0) is 14.9. The molecule has 7 heteroatoms. The smallest absolute Gasteiger partial charge is 0.229 e. The number of benzene rings is 1. The van der Waals surface area contributed by atoms with E-state index in [0.29, 0.717) is 22.9 Å². The molecule has 0 aliphatic rings. The number of aryl methyl sites for hydroxylation is 3. The van der Waals surface area contributed by atoms with Gasteiger partial charge >= 0.3 is 0 Å². The third-order valence-electron chi connectivity index (χ3n) is 2.89. The highest BCUT2D eigenvalue weighted by Gasteiger charge is 2.20. The Morgan fingerprint density at radius 2 is 2.15 bits per heavy atom. The number of ether oxygens (including phenoxy) is 1. The summed E-state index contributed by atoms with van der Waals surface area (Å²) in [7, 11) is 1.74. The van der Waals surface area contributed by atoms with Crippen molar-refractivity contribution >= 4 is 21.8 Å². The number of aromatic nitrogens is 2. The summed E-state index contributed by atoms with van der Waals surface area (Å²) in [6.07, 6.45) is 0. The topological polar surface area (TPSA) is 85.7 Å². The second kappa shape index (κ2) is 5.54. The first-order valence-electron chi connectivity index (χ1n) is 5.89. The lowest BCUT2D eigenvalue weighted by atomic mass is 10.2. The van der Waals surface area contributed by atoms with Crippen molar-refractivity contribution in [2.24, 2.45) is 17.9 Å². The van der Waals surface area contributed by atoms with E-state index in [1.165, 1.54) is 0 Å². The number of hydrogen-bond acceptors (Lipinski definition) is 4. The van der Waals surface area contributed by atoms with Gasteiger partial charge in [-0.2, -0.15) is 5.10 Å². The van der Waals surface area contributed by atoms with Gasteiger partial charge in [-0.15, -0.1) is 0 Å². The Balaban J connectivity index is 2.51. The highest BCUT2D eigenvalue weighted by atomic mass is 79.9. The molecular formula is C13H15BrN4O2. The lowest BCUT2D eigenvalue weighted by Gasteiger charge is -2.10. The van der Waals surface area contributed by atoms with Crippen LogP contribution in [0.5, 0.6) is 11.6 Å². The molecule has 0 amide bonds. The van der Waals surface area contributed by atoms with Crippen molar-refractivity contribution in [1.82, 2.24) is 9.78 Å². The summed E-state index contributed by atoms with van der Waals surface area (Å²) in [4.78, 5) is 0. The van der Waals surface area contributed by atoms with E-state index in [1.54, 1.807) is 18.7 Å². The lowest BCUT2D eigenvalue weighted by Crippen LogP contribution is -2.15. The van der Waals surface area contributed by atoms with Crippen molar-refractivity contribution in [1.29, 1.82) is 0 Å².